The normalized spacial score (nSPS) is 19.9. The summed E-state index contributed by atoms with van der Waals surface area (Å²) in [6, 6.07) is 9.18. The van der Waals surface area contributed by atoms with Gasteiger partial charge in [0.15, 0.2) is 0 Å². The summed E-state index contributed by atoms with van der Waals surface area (Å²) in [6.07, 6.45) is -0.306. The Kier molecular flexibility index (Phi) is 3.01. The molecule has 106 valence electrons. The van der Waals surface area contributed by atoms with E-state index in [2.05, 4.69) is 0 Å². The Bertz CT molecular complexity index is 735. The molecule has 0 bridgehead atoms. The minimum Gasteiger partial charge on any atom is -0.459 e. The van der Waals surface area contributed by atoms with Crippen molar-refractivity contribution in [3.8, 4) is 0 Å². The number of hydrogen-bond acceptors (Lipinski definition) is 4. The van der Waals surface area contributed by atoms with Crippen LogP contribution < -0.4 is 0 Å². The molecule has 1 aromatic carbocycles. The average Bonchev–Trinajstić information content (AvgIpc) is 2.93. The highest BCUT2D eigenvalue weighted by Crippen LogP contribution is 2.24. The maximum Gasteiger partial charge on any atom is 0.307 e. The molecule has 3 rings (SSSR count). The lowest BCUT2D eigenvalue weighted by Gasteiger charge is -2.13. The quantitative estimate of drug-likeness (QED) is 0.811. The number of para-hydroxylation sites is 1. The Morgan fingerprint density at radius 2 is 2.10 bits per heavy atom. The molecule has 1 atom stereocenters. The van der Waals surface area contributed by atoms with Crippen LogP contribution in [0.15, 0.2) is 34.7 Å². The number of likely N-dealkylation sites (tertiary alicyclic amines) is 1. The molecule has 5 nitrogen and oxygen atoms in total. The van der Waals surface area contributed by atoms with Gasteiger partial charge in [-0.3, -0.25) is 4.79 Å². The molecule has 1 saturated heterocycles. The Labute approximate surface area is 115 Å². The predicted octanol–water partition coefficient (Wildman–Crippen LogP) is 1.83. The molecule has 20 heavy (non-hydrogen) atoms. The van der Waals surface area contributed by atoms with Gasteiger partial charge in [-0.05, 0) is 12.1 Å². The number of hydrogen-bond donors (Lipinski definition) is 0. The first kappa shape index (κ1) is 13.1. The number of carbonyl (C=O) groups excluding carboxylic acids is 1. The lowest BCUT2D eigenvalue weighted by atomic mass is 10.2. The smallest absolute Gasteiger partial charge is 0.307 e. The van der Waals surface area contributed by atoms with Crippen molar-refractivity contribution < 1.29 is 21.5 Å². The average molecular weight is 297 g/mol. The van der Waals surface area contributed by atoms with Crippen LogP contribution in [0.4, 0.5) is 3.89 Å². The van der Waals surface area contributed by atoms with Gasteiger partial charge in [-0.15, -0.1) is 3.89 Å². The second-order valence-electron chi connectivity index (χ2n) is 4.83. The van der Waals surface area contributed by atoms with E-state index < -0.39 is 15.5 Å². The number of rotatable bonds is 3. The minimum absolute atomic E-state index is 0.130. The first-order chi connectivity index (χ1) is 9.43. The molecule has 2 heterocycles. The van der Waals surface area contributed by atoms with Gasteiger partial charge < -0.3 is 9.32 Å². The van der Waals surface area contributed by atoms with Gasteiger partial charge in [0.25, 0.3) is 0 Å². The first-order valence-electron chi connectivity index (χ1n) is 6.12. The highest BCUT2D eigenvalue weighted by Gasteiger charge is 2.38. The van der Waals surface area contributed by atoms with Crippen LogP contribution in [0.3, 0.4) is 0 Å². The zero-order chi connectivity index (χ0) is 14.3. The van der Waals surface area contributed by atoms with Crippen molar-refractivity contribution >= 4 is 27.1 Å². The maximum absolute atomic E-state index is 12.9. The van der Waals surface area contributed by atoms with E-state index in [1.165, 1.54) is 4.90 Å². The molecule has 0 aliphatic carbocycles. The highest BCUT2D eigenvalue weighted by atomic mass is 32.3. The third-order valence-electron chi connectivity index (χ3n) is 3.40. The lowest BCUT2D eigenvalue weighted by Crippen LogP contribution is -2.26. The second kappa shape index (κ2) is 4.59. The first-order valence-corrected chi connectivity index (χ1v) is 7.57. The summed E-state index contributed by atoms with van der Waals surface area (Å²) in [5.74, 6) is 0.174. The van der Waals surface area contributed by atoms with E-state index in [9.17, 15) is 17.1 Å². The highest BCUT2D eigenvalue weighted by molar-refractivity contribution is 7.87. The molecule has 0 spiro atoms. The number of carbonyl (C=O) groups is 1. The van der Waals surface area contributed by atoms with Gasteiger partial charge in [0.2, 0.25) is 5.91 Å². The molecule has 1 aliphatic heterocycles. The van der Waals surface area contributed by atoms with E-state index in [0.717, 1.165) is 5.39 Å². The van der Waals surface area contributed by atoms with Crippen LogP contribution in [0.2, 0.25) is 0 Å². The molecule has 0 saturated carbocycles. The van der Waals surface area contributed by atoms with Crippen molar-refractivity contribution in [2.24, 2.45) is 0 Å². The largest absolute Gasteiger partial charge is 0.459 e. The second-order valence-corrected chi connectivity index (χ2v) is 6.44. The fourth-order valence-corrected chi connectivity index (χ4v) is 3.08. The summed E-state index contributed by atoms with van der Waals surface area (Å²) < 4.78 is 40.2. The SMILES string of the molecule is O=C1CC(S(=O)(=O)F)CN1Cc1cc2ccccc2o1. The maximum atomic E-state index is 12.9. The van der Waals surface area contributed by atoms with E-state index in [-0.39, 0.29) is 25.4 Å². The van der Waals surface area contributed by atoms with E-state index in [4.69, 9.17) is 4.42 Å². The van der Waals surface area contributed by atoms with Crippen LogP contribution in [0.5, 0.6) is 0 Å². The molecule has 1 unspecified atom stereocenters. The van der Waals surface area contributed by atoms with E-state index in [0.29, 0.717) is 11.3 Å². The number of furan rings is 1. The summed E-state index contributed by atoms with van der Waals surface area (Å²) >= 11 is 0. The van der Waals surface area contributed by atoms with Crippen molar-refractivity contribution in [3.05, 3.63) is 36.1 Å². The lowest BCUT2D eigenvalue weighted by molar-refractivity contribution is -0.128. The number of nitrogens with zero attached hydrogens (tertiary/aromatic N) is 1. The van der Waals surface area contributed by atoms with Gasteiger partial charge in [-0.25, -0.2) is 0 Å². The van der Waals surface area contributed by atoms with Crippen molar-refractivity contribution in [1.82, 2.24) is 4.90 Å². The summed E-state index contributed by atoms with van der Waals surface area (Å²) in [7, 11) is -4.68. The fourth-order valence-electron chi connectivity index (χ4n) is 2.38. The fraction of sp³-hybridized carbons (Fsp3) is 0.308. The number of halogens is 1. The van der Waals surface area contributed by atoms with Crippen LogP contribution in [-0.4, -0.2) is 31.0 Å². The number of fused-ring (bicyclic) bond motifs is 1. The Hall–Kier alpha value is -1.89. The van der Waals surface area contributed by atoms with Gasteiger partial charge in [-0.2, -0.15) is 8.42 Å². The van der Waals surface area contributed by atoms with Crippen molar-refractivity contribution in [3.63, 3.8) is 0 Å². The molecule has 0 N–H and O–H groups in total. The van der Waals surface area contributed by atoms with Crippen LogP contribution in [-0.2, 0) is 21.6 Å². The third kappa shape index (κ3) is 2.40. The van der Waals surface area contributed by atoms with Gasteiger partial charge in [0, 0.05) is 18.4 Å². The molecule has 2 aromatic rings. The van der Waals surface area contributed by atoms with E-state index in [1.54, 1.807) is 12.1 Å². The predicted molar refractivity (Wildman–Crippen MR) is 70.1 cm³/mol. The van der Waals surface area contributed by atoms with Crippen LogP contribution in [0.25, 0.3) is 11.0 Å². The van der Waals surface area contributed by atoms with Crippen LogP contribution in [0, 0.1) is 0 Å². The van der Waals surface area contributed by atoms with Crippen LogP contribution in [0.1, 0.15) is 12.2 Å². The zero-order valence-corrected chi connectivity index (χ0v) is 11.3. The van der Waals surface area contributed by atoms with Crippen LogP contribution >= 0.6 is 0 Å². The van der Waals surface area contributed by atoms with E-state index in [1.807, 2.05) is 18.2 Å². The van der Waals surface area contributed by atoms with E-state index >= 15 is 0 Å². The Morgan fingerprint density at radius 1 is 1.35 bits per heavy atom. The summed E-state index contributed by atoms with van der Waals surface area (Å²) in [5.41, 5.74) is 0.698. The number of benzene rings is 1. The zero-order valence-electron chi connectivity index (χ0n) is 10.5. The Morgan fingerprint density at radius 3 is 2.75 bits per heavy atom. The van der Waals surface area contributed by atoms with Gasteiger partial charge in [0.05, 0.1) is 6.54 Å². The minimum atomic E-state index is -4.68. The van der Waals surface area contributed by atoms with Gasteiger partial charge in [0.1, 0.15) is 16.6 Å². The molecule has 0 radical (unpaired) electrons. The van der Waals surface area contributed by atoms with Crippen molar-refractivity contribution in [1.29, 1.82) is 0 Å². The third-order valence-corrected chi connectivity index (χ3v) is 4.51. The summed E-state index contributed by atoms with van der Waals surface area (Å²) in [6.45, 7) is 0.0221. The molecule has 7 heteroatoms. The van der Waals surface area contributed by atoms with Crippen molar-refractivity contribution in [2.75, 3.05) is 6.54 Å². The van der Waals surface area contributed by atoms with Gasteiger partial charge >= 0.3 is 10.2 Å². The molecular formula is C13H12FNO4S. The topological polar surface area (TPSA) is 67.6 Å². The molecule has 1 fully saturated rings. The molecule has 1 amide bonds. The molecular weight excluding hydrogens is 285 g/mol. The molecule has 1 aromatic heterocycles. The summed E-state index contributed by atoms with van der Waals surface area (Å²) in [4.78, 5) is 13.0. The number of amides is 1. The summed E-state index contributed by atoms with van der Waals surface area (Å²) in [5, 5.41) is -0.358. The standard InChI is InChI=1S/C13H12FNO4S/c14-20(17,18)11-6-13(16)15(8-11)7-10-5-9-3-1-2-4-12(9)19-10/h1-5,11H,6-8H2. The van der Waals surface area contributed by atoms with Crippen molar-refractivity contribution in [2.45, 2.75) is 18.2 Å². The molecule has 1 aliphatic rings. The Balaban J connectivity index is 1.79. The monoisotopic (exact) mass is 297 g/mol. The van der Waals surface area contributed by atoms with Gasteiger partial charge in [-0.1, -0.05) is 18.2 Å².